The molecule has 11 heteroatoms. The van der Waals surface area contributed by atoms with Crippen molar-refractivity contribution >= 4 is 29.4 Å². The third-order valence-corrected chi connectivity index (χ3v) is 7.18. The van der Waals surface area contributed by atoms with Gasteiger partial charge in [0.05, 0.1) is 12.3 Å². The van der Waals surface area contributed by atoms with Crippen LogP contribution in [0.4, 0.5) is 24.5 Å². The van der Waals surface area contributed by atoms with E-state index in [9.17, 15) is 22.8 Å². The standard InChI is InChI=1S/C31H31F3N4O4/c32-22-10-8-21(9-11-22)29(39)36-23-12-14-24(15-13-23)37-30(40)26-6-3-17-38(26)35-19-20-7-16-27(42-31(33)34)28(18-20)41-25-4-1-2-5-25/h7-16,18-19,25-26,31H,1-6,17H2,(H,36,39)(H,37,40)/b35-19+/t26-/m0/s1. The number of halogens is 3. The van der Waals surface area contributed by atoms with Crippen molar-refractivity contribution in [1.82, 2.24) is 5.01 Å². The summed E-state index contributed by atoms with van der Waals surface area (Å²) in [4.78, 5) is 25.4. The number of carbonyl (C=O) groups is 2. The van der Waals surface area contributed by atoms with Crippen LogP contribution in [-0.2, 0) is 4.79 Å². The number of alkyl halides is 2. The van der Waals surface area contributed by atoms with Crippen molar-refractivity contribution in [3.63, 3.8) is 0 Å². The number of anilines is 2. The summed E-state index contributed by atoms with van der Waals surface area (Å²) < 4.78 is 49.5. The largest absolute Gasteiger partial charge is 0.487 e. The van der Waals surface area contributed by atoms with Crippen LogP contribution in [0, 0.1) is 5.82 Å². The maximum atomic E-state index is 13.1. The van der Waals surface area contributed by atoms with Crippen LogP contribution in [0.3, 0.4) is 0 Å². The fraction of sp³-hybridized carbons (Fsp3) is 0.323. The Morgan fingerprint density at radius 1 is 0.881 bits per heavy atom. The zero-order chi connectivity index (χ0) is 29.5. The minimum Gasteiger partial charge on any atom is -0.487 e. The quantitative estimate of drug-likeness (QED) is 0.270. The lowest BCUT2D eigenvalue weighted by molar-refractivity contribution is -0.120. The fourth-order valence-electron chi connectivity index (χ4n) is 5.04. The van der Waals surface area contributed by atoms with Gasteiger partial charge >= 0.3 is 6.61 Å². The lowest BCUT2D eigenvalue weighted by Crippen LogP contribution is -2.36. The van der Waals surface area contributed by atoms with E-state index in [0.29, 0.717) is 35.5 Å². The highest BCUT2D eigenvalue weighted by Crippen LogP contribution is 2.33. The summed E-state index contributed by atoms with van der Waals surface area (Å²) in [6.07, 6.45) is 6.74. The minimum atomic E-state index is -2.96. The lowest BCUT2D eigenvalue weighted by atomic mass is 10.2. The molecule has 0 spiro atoms. The number of hydrogen-bond donors (Lipinski definition) is 2. The first-order valence-corrected chi connectivity index (χ1v) is 13.9. The number of ether oxygens (including phenoxy) is 2. The molecule has 0 unspecified atom stereocenters. The second kappa shape index (κ2) is 13.4. The minimum absolute atomic E-state index is 0.0199. The molecule has 1 saturated heterocycles. The van der Waals surface area contributed by atoms with Gasteiger partial charge in [-0.1, -0.05) is 0 Å². The van der Waals surface area contributed by atoms with E-state index in [2.05, 4.69) is 20.5 Å². The number of benzene rings is 3. The summed E-state index contributed by atoms with van der Waals surface area (Å²) in [5.74, 6) is -0.793. The van der Waals surface area contributed by atoms with Crippen molar-refractivity contribution < 1.29 is 32.2 Å². The number of hydrogen-bond acceptors (Lipinski definition) is 6. The monoisotopic (exact) mass is 580 g/mol. The molecule has 1 aliphatic heterocycles. The van der Waals surface area contributed by atoms with Crippen LogP contribution < -0.4 is 20.1 Å². The van der Waals surface area contributed by atoms with Crippen molar-refractivity contribution in [2.24, 2.45) is 5.10 Å². The Hall–Kier alpha value is -4.54. The predicted octanol–water partition coefficient (Wildman–Crippen LogP) is 6.44. The average Bonchev–Trinajstić information content (AvgIpc) is 3.67. The molecule has 220 valence electrons. The van der Waals surface area contributed by atoms with Crippen LogP contribution in [0.5, 0.6) is 11.5 Å². The summed E-state index contributed by atoms with van der Waals surface area (Å²) in [6.45, 7) is -2.38. The van der Waals surface area contributed by atoms with Crippen LogP contribution in [0.2, 0.25) is 0 Å². The van der Waals surface area contributed by atoms with E-state index in [-0.39, 0.29) is 29.4 Å². The van der Waals surface area contributed by atoms with Gasteiger partial charge in [0.25, 0.3) is 5.91 Å². The lowest BCUT2D eigenvalue weighted by Gasteiger charge is -2.21. The van der Waals surface area contributed by atoms with E-state index in [1.165, 1.54) is 30.3 Å². The van der Waals surface area contributed by atoms with Gasteiger partial charge in [0.2, 0.25) is 5.91 Å². The van der Waals surface area contributed by atoms with E-state index in [1.807, 2.05) is 0 Å². The summed E-state index contributed by atoms with van der Waals surface area (Å²) >= 11 is 0. The van der Waals surface area contributed by atoms with Gasteiger partial charge in [-0.25, -0.2) is 4.39 Å². The highest BCUT2D eigenvalue weighted by Gasteiger charge is 2.30. The van der Waals surface area contributed by atoms with Crippen molar-refractivity contribution in [2.45, 2.75) is 57.3 Å². The molecule has 1 atom stereocenters. The summed E-state index contributed by atoms with van der Waals surface area (Å²) in [5.41, 5.74) is 2.04. The molecular formula is C31H31F3N4O4. The highest BCUT2D eigenvalue weighted by molar-refractivity contribution is 6.04. The average molecular weight is 581 g/mol. The van der Waals surface area contributed by atoms with Crippen LogP contribution in [0.1, 0.15) is 54.4 Å². The van der Waals surface area contributed by atoms with E-state index in [1.54, 1.807) is 47.6 Å². The summed E-state index contributed by atoms with van der Waals surface area (Å²) in [7, 11) is 0. The third kappa shape index (κ3) is 7.59. The second-order valence-corrected chi connectivity index (χ2v) is 10.2. The Kier molecular flexibility index (Phi) is 9.25. The van der Waals surface area contributed by atoms with Gasteiger partial charge in [-0.05, 0) is 111 Å². The molecule has 5 rings (SSSR count). The van der Waals surface area contributed by atoms with Crippen molar-refractivity contribution in [2.75, 3.05) is 17.2 Å². The molecule has 2 aliphatic rings. The second-order valence-electron chi connectivity index (χ2n) is 10.2. The first-order valence-electron chi connectivity index (χ1n) is 13.9. The molecule has 3 aromatic rings. The molecule has 0 aromatic heterocycles. The normalized spacial score (nSPS) is 17.1. The first-order chi connectivity index (χ1) is 20.3. The number of nitrogens with one attached hydrogen (secondary N) is 2. The SMILES string of the molecule is O=C(Nc1ccc(NC(=O)[C@@H]2CCCN2/N=C/c2ccc(OC(F)F)c(OC3CCCC3)c2)cc1)c1ccc(F)cc1. The van der Waals surface area contributed by atoms with E-state index in [4.69, 9.17) is 4.74 Å². The molecule has 42 heavy (non-hydrogen) atoms. The van der Waals surface area contributed by atoms with E-state index < -0.39 is 18.5 Å². The maximum Gasteiger partial charge on any atom is 0.387 e. The first kappa shape index (κ1) is 29.0. The number of nitrogens with zero attached hydrogens (tertiary/aromatic N) is 2. The van der Waals surface area contributed by atoms with Gasteiger partial charge in [-0.2, -0.15) is 13.9 Å². The van der Waals surface area contributed by atoms with Crippen molar-refractivity contribution in [1.29, 1.82) is 0 Å². The molecule has 8 nitrogen and oxygen atoms in total. The highest BCUT2D eigenvalue weighted by atomic mass is 19.3. The molecule has 2 fully saturated rings. The number of rotatable bonds is 10. The Labute approximate surface area is 241 Å². The van der Waals surface area contributed by atoms with Gasteiger partial charge in [0.15, 0.2) is 11.5 Å². The molecule has 0 radical (unpaired) electrons. The summed E-state index contributed by atoms with van der Waals surface area (Å²) in [6, 6.07) is 16.1. The Balaban J connectivity index is 1.19. The van der Waals surface area contributed by atoms with Crippen molar-refractivity contribution in [3.05, 3.63) is 83.7 Å². The van der Waals surface area contributed by atoms with Crippen LogP contribution in [-0.4, -0.2) is 48.3 Å². The summed E-state index contributed by atoms with van der Waals surface area (Å²) in [5, 5.41) is 11.8. The van der Waals surface area contributed by atoms with Gasteiger partial charge in [0, 0.05) is 23.5 Å². The van der Waals surface area contributed by atoms with Gasteiger partial charge in [-0.3, -0.25) is 14.6 Å². The molecule has 1 aliphatic carbocycles. The third-order valence-electron chi connectivity index (χ3n) is 7.18. The zero-order valence-electron chi connectivity index (χ0n) is 22.8. The molecule has 2 amide bonds. The molecule has 3 aromatic carbocycles. The topological polar surface area (TPSA) is 92.3 Å². The maximum absolute atomic E-state index is 13.1. The van der Waals surface area contributed by atoms with Crippen molar-refractivity contribution in [3.8, 4) is 11.5 Å². The Morgan fingerprint density at radius 3 is 2.26 bits per heavy atom. The van der Waals surface area contributed by atoms with Crippen LogP contribution in [0.25, 0.3) is 0 Å². The number of hydrazone groups is 1. The molecule has 1 saturated carbocycles. The molecular weight excluding hydrogens is 549 g/mol. The van der Waals surface area contributed by atoms with E-state index in [0.717, 1.165) is 32.1 Å². The van der Waals surface area contributed by atoms with Gasteiger partial charge in [-0.15, -0.1) is 0 Å². The molecule has 0 bridgehead atoms. The smallest absolute Gasteiger partial charge is 0.387 e. The van der Waals surface area contributed by atoms with Gasteiger partial charge < -0.3 is 20.1 Å². The Morgan fingerprint density at radius 2 is 1.57 bits per heavy atom. The van der Waals surface area contributed by atoms with Crippen LogP contribution in [0.15, 0.2) is 71.8 Å². The van der Waals surface area contributed by atoms with Crippen LogP contribution >= 0.6 is 0 Å². The zero-order valence-corrected chi connectivity index (χ0v) is 22.8. The molecule has 2 N–H and O–H groups in total. The molecule has 1 heterocycles. The number of carbonyl (C=O) groups excluding carboxylic acids is 2. The number of amides is 2. The predicted molar refractivity (Wildman–Crippen MR) is 153 cm³/mol. The Bertz CT molecular complexity index is 1410. The fourth-order valence-corrected chi connectivity index (χ4v) is 5.04. The van der Waals surface area contributed by atoms with Gasteiger partial charge in [0.1, 0.15) is 11.9 Å². The van der Waals surface area contributed by atoms with E-state index >= 15 is 0 Å².